The number of carbonyl (C=O) groups excluding carboxylic acids is 1. The second kappa shape index (κ2) is 4.35. The first-order valence-electron chi connectivity index (χ1n) is 5.07. The van der Waals surface area contributed by atoms with Crippen LogP contribution in [-0.2, 0) is 0 Å². The van der Waals surface area contributed by atoms with Crippen molar-refractivity contribution in [3.8, 4) is 5.75 Å². The van der Waals surface area contributed by atoms with Gasteiger partial charge in [0.2, 0.25) is 0 Å². The smallest absolute Gasteiger partial charge is 0.371 e. The summed E-state index contributed by atoms with van der Waals surface area (Å²) < 4.78 is 55.6. The first-order chi connectivity index (χ1) is 8.67. The topological polar surface area (TPSA) is 46.5 Å². The second-order valence-corrected chi connectivity index (χ2v) is 4.49. The van der Waals surface area contributed by atoms with Crippen LogP contribution in [0.2, 0.25) is 5.02 Å². The van der Waals surface area contributed by atoms with Crippen LogP contribution < -0.4 is 4.74 Å². The molecule has 1 aliphatic heterocycles. The SMILES string of the molecule is O=C1C[C@](O)(C(F)(F)C(F)F)Oc2ccc(Cl)cc21. The zero-order chi connectivity index (χ0) is 14.4. The number of alkyl halides is 4. The average Bonchev–Trinajstić information content (AvgIpc) is 2.30. The van der Waals surface area contributed by atoms with Crippen LogP contribution in [0.25, 0.3) is 0 Å². The van der Waals surface area contributed by atoms with Crippen molar-refractivity contribution in [2.75, 3.05) is 0 Å². The third-order valence-electron chi connectivity index (χ3n) is 2.72. The molecule has 0 aliphatic carbocycles. The zero-order valence-corrected chi connectivity index (χ0v) is 9.93. The summed E-state index contributed by atoms with van der Waals surface area (Å²) in [7, 11) is 0. The largest absolute Gasteiger partial charge is 0.454 e. The van der Waals surface area contributed by atoms with E-state index < -0.39 is 36.1 Å². The van der Waals surface area contributed by atoms with Crippen molar-refractivity contribution in [2.45, 2.75) is 24.6 Å². The molecule has 1 N–H and O–H groups in total. The molecule has 1 aromatic carbocycles. The molecule has 0 saturated heterocycles. The van der Waals surface area contributed by atoms with Crippen molar-refractivity contribution in [3.63, 3.8) is 0 Å². The van der Waals surface area contributed by atoms with E-state index in [0.29, 0.717) is 0 Å². The van der Waals surface area contributed by atoms with Gasteiger partial charge in [0.15, 0.2) is 5.78 Å². The number of fused-ring (bicyclic) bond motifs is 1. The van der Waals surface area contributed by atoms with Crippen LogP contribution >= 0.6 is 11.6 Å². The van der Waals surface area contributed by atoms with Gasteiger partial charge in [0.05, 0.1) is 12.0 Å². The number of benzene rings is 1. The predicted molar refractivity (Wildman–Crippen MR) is 56.9 cm³/mol. The third kappa shape index (κ3) is 2.17. The van der Waals surface area contributed by atoms with Gasteiger partial charge in [-0.3, -0.25) is 4.79 Å². The summed E-state index contributed by atoms with van der Waals surface area (Å²) in [5, 5.41) is 9.70. The van der Waals surface area contributed by atoms with Gasteiger partial charge in [-0.15, -0.1) is 0 Å². The van der Waals surface area contributed by atoms with Crippen LogP contribution in [-0.4, -0.2) is 29.0 Å². The lowest BCUT2D eigenvalue weighted by molar-refractivity contribution is -0.316. The fourth-order valence-electron chi connectivity index (χ4n) is 1.70. The highest BCUT2D eigenvalue weighted by Gasteiger charge is 2.64. The van der Waals surface area contributed by atoms with E-state index in [1.807, 2.05) is 0 Å². The van der Waals surface area contributed by atoms with Crippen LogP contribution in [0, 0.1) is 0 Å². The highest BCUT2D eigenvalue weighted by Crippen LogP contribution is 2.43. The summed E-state index contributed by atoms with van der Waals surface area (Å²) in [5.74, 6) is -9.81. The first-order valence-corrected chi connectivity index (χ1v) is 5.45. The molecule has 0 saturated carbocycles. The van der Waals surface area contributed by atoms with E-state index in [1.54, 1.807) is 0 Å². The number of halogens is 5. The van der Waals surface area contributed by atoms with Crippen LogP contribution in [0.4, 0.5) is 17.6 Å². The van der Waals surface area contributed by atoms with Gasteiger partial charge in [0, 0.05) is 5.02 Å². The number of aliphatic hydroxyl groups is 1. The molecular formula is C11H7ClF4O3. The minimum atomic E-state index is -4.88. The maximum atomic E-state index is 13.3. The molecule has 8 heteroatoms. The number of ether oxygens (including phenoxy) is 1. The van der Waals surface area contributed by atoms with Gasteiger partial charge < -0.3 is 9.84 Å². The van der Waals surface area contributed by atoms with Crippen LogP contribution in [0.3, 0.4) is 0 Å². The van der Waals surface area contributed by atoms with E-state index in [4.69, 9.17) is 11.6 Å². The van der Waals surface area contributed by atoms with Gasteiger partial charge in [0.1, 0.15) is 5.75 Å². The van der Waals surface area contributed by atoms with Crippen molar-refractivity contribution < 1.29 is 32.2 Å². The summed E-state index contributed by atoms with van der Waals surface area (Å²) in [6.07, 6.45) is -5.45. The summed E-state index contributed by atoms with van der Waals surface area (Å²) in [4.78, 5) is 11.6. The Morgan fingerprint density at radius 3 is 2.63 bits per heavy atom. The van der Waals surface area contributed by atoms with E-state index in [1.165, 1.54) is 6.07 Å². The minimum absolute atomic E-state index is 0.137. The van der Waals surface area contributed by atoms with Crippen LogP contribution in [0.1, 0.15) is 16.8 Å². The van der Waals surface area contributed by atoms with Crippen molar-refractivity contribution in [1.82, 2.24) is 0 Å². The molecule has 0 amide bonds. The lowest BCUT2D eigenvalue weighted by atomic mass is 9.94. The molecule has 1 aromatic rings. The Hall–Kier alpha value is -1.34. The summed E-state index contributed by atoms with van der Waals surface area (Å²) >= 11 is 5.61. The highest BCUT2D eigenvalue weighted by atomic mass is 35.5. The molecule has 19 heavy (non-hydrogen) atoms. The molecule has 0 radical (unpaired) electrons. The molecule has 0 fully saturated rings. The molecule has 1 atom stereocenters. The fourth-order valence-corrected chi connectivity index (χ4v) is 1.87. The molecule has 0 spiro atoms. The Balaban J connectivity index is 2.46. The Kier molecular flexibility index (Phi) is 3.22. The Bertz CT molecular complexity index is 535. The molecule has 104 valence electrons. The minimum Gasteiger partial charge on any atom is -0.454 e. The maximum absolute atomic E-state index is 13.3. The lowest BCUT2D eigenvalue weighted by Crippen LogP contribution is -2.59. The monoisotopic (exact) mass is 298 g/mol. The highest BCUT2D eigenvalue weighted by molar-refractivity contribution is 6.31. The van der Waals surface area contributed by atoms with Gasteiger partial charge in [-0.25, -0.2) is 8.78 Å². The predicted octanol–water partition coefficient (Wildman–Crippen LogP) is 2.89. The normalized spacial score (nSPS) is 23.2. The lowest BCUT2D eigenvalue weighted by Gasteiger charge is -2.37. The van der Waals surface area contributed by atoms with Crippen molar-refractivity contribution in [2.24, 2.45) is 0 Å². The standard InChI is InChI=1S/C11H7ClF4O3/c12-5-1-2-8-6(3-5)7(17)4-10(18,19-8)11(15,16)9(13)14/h1-3,9,18H,4H2/t10-/m1/s1. The van der Waals surface area contributed by atoms with Crippen LogP contribution in [0.5, 0.6) is 5.75 Å². The number of hydrogen-bond donors (Lipinski definition) is 1. The molecule has 1 heterocycles. The quantitative estimate of drug-likeness (QED) is 0.854. The van der Waals surface area contributed by atoms with E-state index in [2.05, 4.69) is 4.74 Å². The number of rotatable bonds is 2. The maximum Gasteiger partial charge on any atom is 0.371 e. The molecule has 3 nitrogen and oxygen atoms in total. The number of hydrogen-bond acceptors (Lipinski definition) is 3. The summed E-state index contributed by atoms with van der Waals surface area (Å²) in [6.45, 7) is 0. The van der Waals surface area contributed by atoms with E-state index in [-0.39, 0.29) is 10.6 Å². The van der Waals surface area contributed by atoms with Crippen molar-refractivity contribution in [3.05, 3.63) is 28.8 Å². The Morgan fingerprint density at radius 1 is 1.42 bits per heavy atom. The second-order valence-electron chi connectivity index (χ2n) is 4.05. The van der Waals surface area contributed by atoms with Crippen molar-refractivity contribution >= 4 is 17.4 Å². The molecule has 1 aliphatic rings. The number of carbonyl (C=O) groups is 1. The molecule has 2 rings (SSSR count). The Labute approximate surface area is 109 Å². The molecule has 0 bridgehead atoms. The van der Waals surface area contributed by atoms with E-state index in [9.17, 15) is 27.5 Å². The van der Waals surface area contributed by atoms with Crippen molar-refractivity contribution in [1.29, 1.82) is 0 Å². The van der Waals surface area contributed by atoms with Gasteiger partial charge in [0.25, 0.3) is 5.79 Å². The third-order valence-corrected chi connectivity index (χ3v) is 2.95. The van der Waals surface area contributed by atoms with Gasteiger partial charge >= 0.3 is 12.3 Å². The number of ketones is 1. The summed E-state index contributed by atoms with van der Waals surface area (Å²) in [6, 6.07) is 3.43. The van der Waals surface area contributed by atoms with Gasteiger partial charge in [-0.05, 0) is 18.2 Å². The molecule has 0 unspecified atom stereocenters. The zero-order valence-electron chi connectivity index (χ0n) is 9.17. The fraction of sp³-hybridized carbons (Fsp3) is 0.364. The first kappa shape index (κ1) is 14.1. The molecular weight excluding hydrogens is 292 g/mol. The molecule has 0 aromatic heterocycles. The Morgan fingerprint density at radius 2 is 2.05 bits per heavy atom. The average molecular weight is 299 g/mol. The van der Waals surface area contributed by atoms with Gasteiger partial charge in [-0.1, -0.05) is 11.6 Å². The van der Waals surface area contributed by atoms with E-state index in [0.717, 1.165) is 12.1 Å². The number of Topliss-reactive ketones (excluding diaryl/α,β-unsaturated/α-hetero) is 1. The van der Waals surface area contributed by atoms with Gasteiger partial charge in [-0.2, -0.15) is 8.78 Å². The summed E-state index contributed by atoms with van der Waals surface area (Å²) in [5.41, 5.74) is -0.137. The van der Waals surface area contributed by atoms with Crippen LogP contribution in [0.15, 0.2) is 18.2 Å². The van der Waals surface area contributed by atoms with E-state index >= 15 is 0 Å².